The third-order valence-corrected chi connectivity index (χ3v) is 3.49. The van der Waals surface area contributed by atoms with Gasteiger partial charge in [0.1, 0.15) is 0 Å². The second-order valence-corrected chi connectivity index (χ2v) is 4.82. The van der Waals surface area contributed by atoms with Crippen LogP contribution in [0, 0.1) is 17.0 Å². The molecule has 112 valence electrons. The van der Waals surface area contributed by atoms with E-state index in [4.69, 9.17) is 5.11 Å². The normalized spacial score (nSPS) is 14.9. The molecule has 2 rings (SSSR count). The van der Waals surface area contributed by atoms with Crippen molar-refractivity contribution in [2.75, 3.05) is 26.2 Å². The molecule has 0 atom stereocenters. The van der Waals surface area contributed by atoms with Crippen LogP contribution in [0.25, 0.3) is 0 Å². The largest absolute Gasteiger partial charge is 0.465 e. The Kier molecular flexibility index (Phi) is 4.06. The molecule has 21 heavy (non-hydrogen) atoms. The number of nitro groups is 1. The zero-order valence-electron chi connectivity index (χ0n) is 11.5. The van der Waals surface area contributed by atoms with Crippen molar-refractivity contribution in [1.29, 1.82) is 0 Å². The molecule has 1 aromatic rings. The average molecular weight is 293 g/mol. The number of piperazine rings is 1. The average Bonchev–Trinajstić information content (AvgIpc) is 2.46. The number of hydrogen-bond acceptors (Lipinski definition) is 4. The fraction of sp³-hybridized carbons (Fsp3) is 0.385. The van der Waals surface area contributed by atoms with Crippen molar-refractivity contribution in [3.05, 3.63) is 39.4 Å². The van der Waals surface area contributed by atoms with Crippen LogP contribution in [0.4, 0.5) is 10.5 Å². The highest BCUT2D eigenvalue weighted by Crippen LogP contribution is 2.20. The van der Waals surface area contributed by atoms with Gasteiger partial charge >= 0.3 is 6.09 Å². The smallest absolute Gasteiger partial charge is 0.407 e. The van der Waals surface area contributed by atoms with Crippen LogP contribution < -0.4 is 0 Å². The van der Waals surface area contributed by atoms with E-state index in [1.54, 1.807) is 19.1 Å². The first-order valence-corrected chi connectivity index (χ1v) is 6.42. The van der Waals surface area contributed by atoms with Gasteiger partial charge < -0.3 is 14.9 Å². The maximum Gasteiger partial charge on any atom is 0.407 e. The molecule has 1 heterocycles. The molecule has 1 aliphatic rings. The molecule has 0 spiro atoms. The summed E-state index contributed by atoms with van der Waals surface area (Å²) in [7, 11) is 0. The lowest BCUT2D eigenvalue weighted by molar-refractivity contribution is -0.385. The van der Waals surface area contributed by atoms with Crippen LogP contribution >= 0.6 is 0 Å². The number of nitrogens with zero attached hydrogens (tertiary/aromatic N) is 3. The van der Waals surface area contributed by atoms with Crippen molar-refractivity contribution in [2.45, 2.75) is 6.92 Å². The Bertz CT molecular complexity index is 593. The van der Waals surface area contributed by atoms with Crippen LogP contribution in [-0.4, -0.2) is 58.0 Å². The molecule has 1 aliphatic heterocycles. The van der Waals surface area contributed by atoms with E-state index < -0.39 is 11.0 Å². The second kappa shape index (κ2) is 5.78. The summed E-state index contributed by atoms with van der Waals surface area (Å²) in [6.07, 6.45) is -1.01. The van der Waals surface area contributed by atoms with Gasteiger partial charge in [0, 0.05) is 43.4 Å². The Morgan fingerprint density at radius 3 is 2.29 bits per heavy atom. The van der Waals surface area contributed by atoms with E-state index in [1.807, 2.05) is 0 Å². The number of hydrogen-bond donors (Lipinski definition) is 1. The van der Waals surface area contributed by atoms with E-state index in [0.717, 1.165) is 0 Å². The quantitative estimate of drug-likeness (QED) is 0.654. The SMILES string of the molecule is Cc1ccc(C(=O)N2CCN(C(=O)O)CC2)cc1[N+](=O)[O-]. The maximum absolute atomic E-state index is 12.3. The molecule has 8 heteroatoms. The Morgan fingerprint density at radius 1 is 1.19 bits per heavy atom. The summed E-state index contributed by atoms with van der Waals surface area (Å²) in [6, 6.07) is 4.36. The van der Waals surface area contributed by atoms with Gasteiger partial charge in [-0.3, -0.25) is 14.9 Å². The molecule has 0 saturated carbocycles. The highest BCUT2D eigenvalue weighted by molar-refractivity contribution is 5.95. The summed E-state index contributed by atoms with van der Waals surface area (Å²) in [5.74, 6) is -0.317. The molecule has 0 bridgehead atoms. The van der Waals surface area contributed by atoms with E-state index in [2.05, 4.69) is 0 Å². The first kappa shape index (κ1) is 14.8. The molecule has 1 aromatic carbocycles. The first-order valence-electron chi connectivity index (χ1n) is 6.42. The van der Waals surface area contributed by atoms with Crippen molar-refractivity contribution in [3.63, 3.8) is 0 Å². The summed E-state index contributed by atoms with van der Waals surface area (Å²) in [5.41, 5.74) is 0.647. The highest BCUT2D eigenvalue weighted by atomic mass is 16.6. The molecule has 0 radical (unpaired) electrons. The summed E-state index contributed by atoms with van der Waals surface area (Å²) >= 11 is 0. The summed E-state index contributed by atoms with van der Waals surface area (Å²) in [5, 5.41) is 19.8. The van der Waals surface area contributed by atoms with Crippen LogP contribution in [0.1, 0.15) is 15.9 Å². The van der Waals surface area contributed by atoms with E-state index >= 15 is 0 Å². The van der Waals surface area contributed by atoms with Crippen molar-refractivity contribution < 1.29 is 19.6 Å². The van der Waals surface area contributed by atoms with E-state index in [-0.39, 0.29) is 43.3 Å². The van der Waals surface area contributed by atoms with Gasteiger partial charge in [0.25, 0.3) is 11.6 Å². The number of aryl methyl sites for hydroxylation is 1. The number of nitro benzene ring substituents is 1. The number of rotatable bonds is 2. The molecule has 0 unspecified atom stereocenters. The van der Waals surface area contributed by atoms with Crippen LogP contribution in [0.2, 0.25) is 0 Å². The first-order chi connectivity index (χ1) is 9.90. The minimum atomic E-state index is -1.01. The number of amides is 2. The van der Waals surface area contributed by atoms with Crippen LogP contribution in [0.5, 0.6) is 0 Å². The van der Waals surface area contributed by atoms with Gasteiger partial charge in [0.2, 0.25) is 0 Å². The lowest BCUT2D eigenvalue weighted by atomic mass is 10.1. The van der Waals surface area contributed by atoms with Gasteiger partial charge in [-0.15, -0.1) is 0 Å². The zero-order valence-corrected chi connectivity index (χ0v) is 11.5. The monoisotopic (exact) mass is 293 g/mol. The Labute approximate surface area is 120 Å². The lowest BCUT2D eigenvalue weighted by Gasteiger charge is -2.33. The van der Waals surface area contributed by atoms with Crippen LogP contribution in [0.3, 0.4) is 0 Å². The molecule has 1 N–H and O–H groups in total. The molecular formula is C13H15N3O5. The molecular weight excluding hydrogens is 278 g/mol. The summed E-state index contributed by atoms with van der Waals surface area (Å²) in [6.45, 7) is 2.67. The summed E-state index contributed by atoms with van der Waals surface area (Å²) < 4.78 is 0. The topological polar surface area (TPSA) is 104 Å². The van der Waals surface area contributed by atoms with E-state index in [0.29, 0.717) is 5.56 Å². The Morgan fingerprint density at radius 2 is 1.76 bits per heavy atom. The lowest BCUT2D eigenvalue weighted by Crippen LogP contribution is -2.50. The van der Waals surface area contributed by atoms with Crippen molar-refractivity contribution in [2.24, 2.45) is 0 Å². The molecule has 1 fully saturated rings. The second-order valence-electron chi connectivity index (χ2n) is 4.82. The van der Waals surface area contributed by atoms with Crippen molar-refractivity contribution >= 4 is 17.7 Å². The van der Waals surface area contributed by atoms with Crippen molar-refractivity contribution in [3.8, 4) is 0 Å². The van der Waals surface area contributed by atoms with Gasteiger partial charge in [-0.2, -0.15) is 0 Å². The van der Waals surface area contributed by atoms with E-state index in [9.17, 15) is 19.7 Å². The third-order valence-electron chi connectivity index (χ3n) is 3.49. The van der Waals surface area contributed by atoms with Gasteiger partial charge in [0.15, 0.2) is 0 Å². The molecule has 8 nitrogen and oxygen atoms in total. The van der Waals surface area contributed by atoms with E-state index in [1.165, 1.54) is 15.9 Å². The Balaban J connectivity index is 2.13. The minimum absolute atomic E-state index is 0.0926. The Hall–Kier alpha value is -2.64. The van der Waals surface area contributed by atoms with Gasteiger partial charge in [-0.1, -0.05) is 6.07 Å². The predicted octanol–water partition coefficient (Wildman–Crippen LogP) is 1.34. The van der Waals surface area contributed by atoms with Gasteiger partial charge in [-0.25, -0.2) is 4.79 Å². The molecule has 2 amide bonds. The van der Waals surface area contributed by atoms with Gasteiger partial charge in [-0.05, 0) is 13.0 Å². The van der Waals surface area contributed by atoms with Gasteiger partial charge in [0.05, 0.1) is 4.92 Å². The maximum atomic E-state index is 12.3. The zero-order chi connectivity index (χ0) is 15.6. The number of carbonyl (C=O) groups excluding carboxylic acids is 1. The predicted molar refractivity (Wildman–Crippen MR) is 73.3 cm³/mol. The third kappa shape index (κ3) is 3.10. The molecule has 0 aliphatic carbocycles. The standard InChI is InChI=1S/C13H15N3O5/c1-9-2-3-10(8-11(9)16(20)21)12(17)14-4-6-15(7-5-14)13(18)19/h2-3,8H,4-7H2,1H3,(H,18,19). The number of carboxylic acid groups (broad SMARTS) is 1. The fourth-order valence-electron chi connectivity index (χ4n) is 2.22. The minimum Gasteiger partial charge on any atom is -0.465 e. The molecule has 0 aromatic heterocycles. The van der Waals surface area contributed by atoms with Crippen molar-refractivity contribution in [1.82, 2.24) is 9.80 Å². The molecule has 1 saturated heterocycles. The highest BCUT2D eigenvalue weighted by Gasteiger charge is 2.25. The fourth-order valence-corrected chi connectivity index (χ4v) is 2.22. The van der Waals surface area contributed by atoms with Crippen LogP contribution in [-0.2, 0) is 0 Å². The number of benzene rings is 1. The number of carbonyl (C=O) groups is 2. The van der Waals surface area contributed by atoms with Crippen LogP contribution in [0.15, 0.2) is 18.2 Å². The summed E-state index contributed by atoms with van der Waals surface area (Å²) in [4.78, 5) is 36.2.